The summed E-state index contributed by atoms with van der Waals surface area (Å²) in [6, 6.07) is 0. The highest BCUT2D eigenvalue weighted by Gasteiger charge is 2.17. The Bertz CT molecular complexity index is 220. The summed E-state index contributed by atoms with van der Waals surface area (Å²) in [6.07, 6.45) is 0.625. The fraction of sp³-hybridized carbons (Fsp3) is 0.800. The molecule has 1 heterocycles. The second kappa shape index (κ2) is 5.10. The molecule has 14 heavy (non-hydrogen) atoms. The zero-order valence-electron chi connectivity index (χ0n) is 8.95. The van der Waals surface area contributed by atoms with Gasteiger partial charge in [-0.2, -0.15) is 0 Å². The van der Waals surface area contributed by atoms with E-state index in [1.807, 2.05) is 4.90 Å². The quantitative estimate of drug-likeness (QED) is 0.647. The van der Waals surface area contributed by atoms with E-state index in [1.165, 1.54) is 0 Å². The number of nitrogens with zero attached hydrogens (tertiary/aromatic N) is 2. The molecule has 1 aliphatic rings. The highest BCUT2D eigenvalue weighted by atomic mass is 16.2. The predicted octanol–water partition coefficient (Wildman–Crippen LogP) is 0.130. The fourth-order valence-electron chi connectivity index (χ4n) is 1.60. The first-order valence-corrected chi connectivity index (χ1v) is 5.07. The Kier molecular flexibility index (Phi) is 4.07. The molecule has 80 valence electrons. The highest BCUT2D eigenvalue weighted by Crippen LogP contribution is 2.02. The Balaban J connectivity index is 2.22. The third-order valence-corrected chi connectivity index (χ3v) is 2.60. The lowest BCUT2D eigenvalue weighted by atomic mass is 10.2. The van der Waals surface area contributed by atoms with E-state index in [9.17, 15) is 9.59 Å². The molecule has 4 nitrogen and oxygen atoms in total. The van der Waals surface area contributed by atoms with Gasteiger partial charge in [0.05, 0.1) is 0 Å². The molecule has 0 spiro atoms. The molecule has 1 aliphatic heterocycles. The number of carbonyl (C=O) groups excluding carboxylic acids is 2. The molecule has 1 amide bonds. The van der Waals surface area contributed by atoms with Crippen molar-refractivity contribution in [1.82, 2.24) is 9.80 Å². The summed E-state index contributed by atoms with van der Waals surface area (Å²) in [6.45, 7) is 7.44. The van der Waals surface area contributed by atoms with Crippen molar-refractivity contribution in [1.29, 1.82) is 0 Å². The molecule has 0 unspecified atom stereocenters. The number of carbonyl (C=O) groups is 2. The monoisotopic (exact) mass is 198 g/mol. The van der Waals surface area contributed by atoms with Crippen LogP contribution < -0.4 is 0 Å². The Morgan fingerprint density at radius 1 is 1.07 bits per heavy atom. The Morgan fingerprint density at radius 2 is 1.64 bits per heavy atom. The average Bonchev–Trinajstić information content (AvgIpc) is 2.15. The maximum absolute atomic E-state index is 11.0. The van der Waals surface area contributed by atoms with Crippen LogP contribution in [0.25, 0.3) is 0 Å². The number of rotatable bonds is 3. The van der Waals surface area contributed by atoms with Gasteiger partial charge in [0.25, 0.3) is 0 Å². The number of Topliss-reactive ketones (excluding diaryl/α,β-unsaturated/α-hetero) is 1. The first kappa shape index (κ1) is 11.2. The number of hydrogen-bond acceptors (Lipinski definition) is 3. The van der Waals surface area contributed by atoms with E-state index in [0.29, 0.717) is 6.42 Å². The van der Waals surface area contributed by atoms with Crippen LogP contribution in [0, 0.1) is 0 Å². The van der Waals surface area contributed by atoms with Gasteiger partial charge in [-0.25, -0.2) is 0 Å². The van der Waals surface area contributed by atoms with Gasteiger partial charge >= 0.3 is 0 Å². The van der Waals surface area contributed by atoms with Crippen LogP contribution >= 0.6 is 0 Å². The highest BCUT2D eigenvalue weighted by molar-refractivity contribution is 5.75. The van der Waals surface area contributed by atoms with E-state index in [0.717, 1.165) is 32.7 Å². The standard InChI is InChI=1S/C10H18N2O2/c1-9(13)3-4-11-5-7-12(8-6-11)10(2)14/h3-8H2,1-2H3. The number of piperazine rings is 1. The van der Waals surface area contributed by atoms with Crippen molar-refractivity contribution in [2.75, 3.05) is 32.7 Å². The van der Waals surface area contributed by atoms with Crippen LogP contribution in [-0.4, -0.2) is 54.2 Å². The zero-order chi connectivity index (χ0) is 10.6. The van der Waals surface area contributed by atoms with Gasteiger partial charge in [-0.1, -0.05) is 0 Å². The van der Waals surface area contributed by atoms with Crippen LogP contribution in [0.3, 0.4) is 0 Å². The second-order valence-electron chi connectivity index (χ2n) is 3.80. The van der Waals surface area contributed by atoms with Gasteiger partial charge in [-0.15, -0.1) is 0 Å². The first-order chi connectivity index (χ1) is 6.59. The molecule has 0 aliphatic carbocycles. The minimum absolute atomic E-state index is 0.149. The van der Waals surface area contributed by atoms with Crippen molar-refractivity contribution >= 4 is 11.7 Å². The van der Waals surface area contributed by atoms with E-state index in [-0.39, 0.29) is 11.7 Å². The molecule has 0 aromatic carbocycles. The third kappa shape index (κ3) is 3.46. The van der Waals surface area contributed by atoms with Gasteiger partial charge in [-0.05, 0) is 6.92 Å². The molecule has 4 heteroatoms. The van der Waals surface area contributed by atoms with E-state index < -0.39 is 0 Å². The molecule has 0 atom stereocenters. The summed E-state index contributed by atoms with van der Waals surface area (Å²) in [5.41, 5.74) is 0. The molecule has 0 saturated carbocycles. The van der Waals surface area contributed by atoms with Crippen LogP contribution in [0.15, 0.2) is 0 Å². The van der Waals surface area contributed by atoms with Crippen LogP contribution in [0.2, 0.25) is 0 Å². The normalized spacial score (nSPS) is 18.3. The average molecular weight is 198 g/mol. The summed E-state index contributed by atoms with van der Waals surface area (Å²) in [7, 11) is 0. The molecule has 0 aromatic heterocycles. The van der Waals surface area contributed by atoms with Crippen molar-refractivity contribution in [3.05, 3.63) is 0 Å². The van der Waals surface area contributed by atoms with Crippen molar-refractivity contribution in [2.45, 2.75) is 20.3 Å². The summed E-state index contributed by atoms with van der Waals surface area (Å²) in [5, 5.41) is 0. The van der Waals surface area contributed by atoms with Crippen molar-refractivity contribution in [3.63, 3.8) is 0 Å². The summed E-state index contributed by atoms with van der Waals surface area (Å²) in [5.74, 6) is 0.384. The molecule has 1 saturated heterocycles. The summed E-state index contributed by atoms with van der Waals surface area (Å²) in [4.78, 5) is 25.9. The van der Waals surface area contributed by atoms with Gasteiger partial charge in [0, 0.05) is 46.1 Å². The van der Waals surface area contributed by atoms with Gasteiger partial charge < -0.3 is 4.90 Å². The minimum atomic E-state index is 0.149. The molecular weight excluding hydrogens is 180 g/mol. The number of hydrogen-bond donors (Lipinski definition) is 0. The smallest absolute Gasteiger partial charge is 0.219 e. The molecule has 1 rings (SSSR count). The van der Waals surface area contributed by atoms with Gasteiger partial charge in [0.15, 0.2) is 0 Å². The minimum Gasteiger partial charge on any atom is -0.340 e. The molecule has 1 fully saturated rings. The van der Waals surface area contributed by atoms with Gasteiger partial charge in [0.2, 0.25) is 5.91 Å². The molecule has 0 radical (unpaired) electrons. The van der Waals surface area contributed by atoms with E-state index in [1.54, 1.807) is 13.8 Å². The van der Waals surface area contributed by atoms with Crippen LogP contribution in [0.4, 0.5) is 0 Å². The third-order valence-electron chi connectivity index (χ3n) is 2.60. The molecule has 0 aromatic rings. The van der Waals surface area contributed by atoms with Crippen LogP contribution in [-0.2, 0) is 9.59 Å². The van der Waals surface area contributed by atoms with E-state index >= 15 is 0 Å². The van der Waals surface area contributed by atoms with Crippen LogP contribution in [0.5, 0.6) is 0 Å². The van der Waals surface area contributed by atoms with Crippen molar-refractivity contribution in [3.8, 4) is 0 Å². The molecule has 0 bridgehead atoms. The Labute approximate surface area is 84.9 Å². The number of ketones is 1. The van der Waals surface area contributed by atoms with Crippen LogP contribution in [0.1, 0.15) is 20.3 Å². The largest absolute Gasteiger partial charge is 0.340 e. The lowest BCUT2D eigenvalue weighted by molar-refractivity contribution is -0.130. The van der Waals surface area contributed by atoms with E-state index in [4.69, 9.17) is 0 Å². The predicted molar refractivity (Wildman–Crippen MR) is 54.0 cm³/mol. The van der Waals surface area contributed by atoms with E-state index in [2.05, 4.69) is 4.90 Å². The van der Waals surface area contributed by atoms with Crippen molar-refractivity contribution < 1.29 is 9.59 Å². The Morgan fingerprint density at radius 3 is 2.07 bits per heavy atom. The molecular formula is C10H18N2O2. The topological polar surface area (TPSA) is 40.6 Å². The summed E-state index contributed by atoms with van der Waals surface area (Å²) >= 11 is 0. The fourth-order valence-corrected chi connectivity index (χ4v) is 1.60. The molecule has 0 N–H and O–H groups in total. The Hall–Kier alpha value is -0.900. The SMILES string of the molecule is CC(=O)CCN1CCN(C(C)=O)CC1. The van der Waals surface area contributed by atoms with Crippen molar-refractivity contribution in [2.24, 2.45) is 0 Å². The lowest BCUT2D eigenvalue weighted by Crippen LogP contribution is -2.48. The first-order valence-electron chi connectivity index (χ1n) is 5.07. The van der Waals surface area contributed by atoms with Gasteiger partial charge in [0.1, 0.15) is 5.78 Å². The zero-order valence-corrected chi connectivity index (χ0v) is 8.95. The maximum atomic E-state index is 11.0. The number of amides is 1. The summed E-state index contributed by atoms with van der Waals surface area (Å²) < 4.78 is 0. The van der Waals surface area contributed by atoms with Gasteiger partial charge in [-0.3, -0.25) is 14.5 Å². The lowest BCUT2D eigenvalue weighted by Gasteiger charge is -2.33. The maximum Gasteiger partial charge on any atom is 0.219 e. The second-order valence-corrected chi connectivity index (χ2v) is 3.80.